The van der Waals surface area contributed by atoms with Crippen LogP contribution in [-0.2, 0) is 20.9 Å². The van der Waals surface area contributed by atoms with Crippen LogP contribution in [0.3, 0.4) is 0 Å². The Kier molecular flexibility index (Phi) is 13.6. The number of hydrogen-bond acceptors (Lipinski definition) is 4. The van der Waals surface area contributed by atoms with Crippen molar-refractivity contribution in [3.05, 3.63) is 36.8 Å². The van der Waals surface area contributed by atoms with Crippen molar-refractivity contribution in [1.29, 1.82) is 0 Å². The van der Waals surface area contributed by atoms with E-state index in [4.69, 9.17) is 9.15 Å². The number of unbranched alkanes of at least 4 members (excludes halogenated alkanes) is 8. The number of carbonyl (C=O) groups excluding carboxylic acids is 2. The zero-order valence-corrected chi connectivity index (χ0v) is 20.6. The van der Waals surface area contributed by atoms with Crippen molar-refractivity contribution >= 4 is 11.8 Å². The molecular formula is C27H44N2O4. The van der Waals surface area contributed by atoms with Crippen LogP contribution >= 0.6 is 0 Å². The molecule has 0 aromatic carbocycles. The lowest BCUT2D eigenvalue weighted by Gasteiger charge is -2.28. The van der Waals surface area contributed by atoms with Crippen molar-refractivity contribution in [3.8, 4) is 0 Å². The Hall–Kier alpha value is -2.08. The highest BCUT2D eigenvalue weighted by molar-refractivity contribution is 5.85. The number of amides is 2. The Labute approximate surface area is 200 Å². The summed E-state index contributed by atoms with van der Waals surface area (Å²) < 4.78 is 11.2. The van der Waals surface area contributed by atoms with Gasteiger partial charge in [-0.15, -0.1) is 6.58 Å². The smallest absolute Gasteiger partial charge is 0.242 e. The molecule has 1 aliphatic heterocycles. The molecular weight excluding hydrogens is 416 g/mol. The van der Waals surface area contributed by atoms with Crippen molar-refractivity contribution in [1.82, 2.24) is 9.80 Å². The van der Waals surface area contributed by atoms with Crippen molar-refractivity contribution < 1.29 is 18.7 Å². The summed E-state index contributed by atoms with van der Waals surface area (Å²) in [5.41, 5.74) is 0. The van der Waals surface area contributed by atoms with E-state index >= 15 is 0 Å². The van der Waals surface area contributed by atoms with Gasteiger partial charge in [0.1, 0.15) is 12.3 Å². The average molecular weight is 461 g/mol. The topological polar surface area (TPSA) is 63.0 Å². The van der Waals surface area contributed by atoms with Crippen LogP contribution in [0, 0.1) is 0 Å². The van der Waals surface area contributed by atoms with E-state index in [-0.39, 0.29) is 24.5 Å². The molecule has 0 saturated carbocycles. The molecule has 1 atom stereocenters. The van der Waals surface area contributed by atoms with E-state index in [1.54, 1.807) is 22.1 Å². The van der Waals surface area contributed by atoms with E-state index in [2.05, 4.69) is 13.5 Å². The molecule has 1 unspecified atom stereocenters. The lowest BCUT2D eigenvalue weighted by molar-refractivity contribution is -0.141. The number of nitrogens with zero attached hydrogens (tertiary/aromatic N) is 2. The van der Waals surface area contributed by atoms with Gasteiger partial charge in [-0.3, -0.25) is 9.59 Å². The molecule has 0 spiro atoms. The second-order valence-electron chi connectivity index (χ2n) is 9.13. The summed E-state index contributed by atoms with van der Waals surface area (Å²) in [6, 6.07) is 3.69. The third-order valence-corrected chi connectivity index (χ3v) is 6.25. The van der Waals surface area contributed by atoms with Gasteiger partial charge in [-0.25, -0.2) is 0 Å². The van der Waals surface area contributed by atoms with Crippen molar-refractivity contribution in [2.75, 3.05) is 26.2 Å². The van der Waals surface area contributed by atoms with Gasteiger partial charge in [-0.05, 0) is 31.4 Å². The summed E-state index contributed by atoms with van der Waals surface area (Å²) in [6.45, 7) is 8.12. The maximum Gasteiger partial charge on any atom is 0.242 e. The average Bonchev–Trinajstić information content (AvgIpc) is 3.51. The van der Waals surface area contributed by atoms with Crippen LogP contribution in [-0.4, -0.2) is 54.0 Å². The molecule has 6 heteroatoms. The minimum atomic E-state index is -0.0795. The van der Waals surface area contributed by atoms with Crippen LogP contribution in [0.5, 0.6) is 0 Å². The lowest BCUT2D eigenvalue weighted by atomic mass is 10.1. The summed E-state index contributed by atoms with van der Waals surface area (Å²) in [7, 11) is 0. The highest BCUT2D eigenvalue weighted by Crippen LogP contribution is 2.16. The van der Waals surface area contributed by atoms with Crippen LogP contribution in [0.25, 0.3) is 0 Å². The summed E-state index contributed by atoms with van der Waals surface area (Å²) in [4.78, 5) is 29.4. The third kappa shape index (κ3) is 11.1. The van der Waals surface area contributed by atoms with Gasteiger partial charge < -0.3 is 19.0 Å². The van der Waals surface area contributed by atoms with E-state index in [1.807, 2.05) is 12.1 Å². The van der Waals surface area contributed by atoms with Gasteiger partial charge in [0.25, 0.3) is 0 Å². The first kappa shape index (κ1) is 27.2. The molecule has 0 aliphatic carbocycles. The molecule has 2 rings (SSSR count). The number of ether oxygens (including phenoxy) is 1. The maximum atomic E-state index is 13.2. The number of carbonyl (C=O) groups is 2. The first-order chi connectivity index (χ1) is 16.1. The van der Waals surface area contributed by atoms with E-state index in [0.29, 0.717) is 26.1 Å². The maximum absolute atomic E-state index is 13.2. The SMILES string of the molecule is C=CCN(CC(=O)N(Cc1ccco1)CC1CCCO1)C(=O)CCCCCCCCCCC. The predicted octanol–water partition coefficient (Wildman–Crippen LogP) is 5.72. The highest BCUT2D eigenvalue weighted by Gasteiger charge is 2.25. The number of furan rings is 1. The lowest BCUT2D eigenvalue weighted by Crippen LogP contribution is -2.45. The number of rotatable bonds is 18. The van der Waals surface area contributed by atoms with Gasteiger partial charge >= 0.3 is 0 Å². The van der Waals surface area contributed by atoms with Crippen molar-refractivity contribution in [3.63, 3.8) is 0 Å². The molecule has 0 radical (unpaired) electrons. The van der Waals surface area contributed by atoms with Gasteiger partial charge in [0.05, 0.1) is 18.9 Å². The molecule has 33 heavy (non-hydrogen) atoms. The summed E-state index contributed by atoms with van der Waals surface area (Å²) in [5, 5.41) is 0. The Morgan fingerprint density at radius 2 is 1.79 bits per heavy atom. The fourth-order valence-corrected chi connectivity index (χ4v) is 4.30. The Morgan fingerprint density at radius 3 is 2.39 bits per heavy atom. The fraction of sp³-hybridized carbons (Fsp3) is 0.704. The zero-order chi connectivity index (χ0) is 23.7. The molecule has 1 fully saturated rings. The molecule has 6 nitrogen and oxygen atoms in total. The normalized spacial score (nSPS) is 15.5. The minimum absolute atomic E-state index is 0.0289. The molecule has 0 N–H and O–H groups in total. The van der Waals surface area contributed by atoms with Gasteiger partial charge in [0, 0.05) is 26.1 Å². The van der Waals surface area contributed by atoms with E-state index < -0.39 is 0 Å². The van der Waals surface area contributed by atoms with Crippen LogP contribution in [0.15, 0.2) is 35.5 Å². The zero-order valence-electron chi connectivity index (χ0n) is 20.6. The molecule has 1 saturated heterocycles. The van der Waals surface area contributed by atoms with Crippen molar-refractivity contribution in [2.24, 2.45) is 0 Å². The van der Waals surface area contributed by atoms with E-state index in [0.717, 1.165) is 38.1 Å². The Balaban J connectivity index is 1.78. The summed E-state index contributed by atoms with van der Waals surface area (Å²) in [6.07, 6.45) is 16.8. The summed E-state index contributed by atoms with van der Waals surface area (Å²) >= 11 is 0. The van der Waals surface area contributed by atoms with Crippen LogP contribution in [0.1, 0.15) is 89.7 Å². The summed E-state index contributed by atoms with van der Waals surface area (Å²) in [5.74, 6) is 0.683. The standard InChI is InChI=1S/C27H44N2O4/c1-3-5-6-7-8-9-10-11-12-17-26(30)28(18-4-2)23-27(31)29(21-24-15-13-19-32-24)22-25-16-14-20-33-25/h4,13,15,19,25H,2-3,5-12,14,16-18,20-23H2,1H3. The third-order valence-electron chi connectivity index (χ3n) is 6.25. The Morgan fingerprint density at radius 1 is 1.06 bits per heavy atom. The largest absolute Gasteiger partial charge is 0.467 e. The molecule has 1 aromatic rings. The fourth-order valence-electron chi connectivity index (χ4n) is 4.30. The van der Waals surface area contributed by atoms with Gasteiger partial charge in [0.15, 0.2) is 0 Å². The number of hydrogen-bond donors (Lipinski definition) is 0. The molecule has 1 aliphatic rings. The molecule has 1 aromatic heterocycles. The van der Waals surface area contributed by atoms with Gasteiger partial charge in [-0.1, -0.05) is 64.4 Å². The highest BCUT2D eigenvalue weighted by atomic mass is 16.5. The second-order valence-corrected chi connectivity index (χ2v) is 9.13. The molecule has 0 bridgehead atoms. The van der Waals surface area contributed by atoms with Gasteiger partial charge in [-0.2, -0.15) is 0 Å². The predicted molar refractivity (Wildman–Crippen MR) is 132 cm³/mol. The molecule has 186 valence electrons. The first-order valence-corrected chi connectivity index (χ1v) is 12.9. The molecule has 2 heterocycles. The van der Waals surface area contributed by atoms with Gasteiger partial charge in [0.2, 0.25) is 11.8 Å². The minimum Gasteiger partial charge on any atom is -0.467 e. The van der Waals surface area contributed by atoms with Crippen LogP contribution in [0.4, 0.5) is 0 Å². The second kappa shape index (κ2) is 16.5. The van der Waals surface area contributed by atoms with E-state index in [9.17, 15) is 9.59 Å². The van der Waals surface area contributed by atoms with Crippen LogP contribution in [0.2, 0.25) is 0 Å². The first-order valence-electron chi connectivity index (χ1n) is 12.9. The Bertz CT molecular complexity index is 668. The molecule has 2 amide bonds. The van der Waals surface area contributed by atoms with E-state index in [1.165, 1.54) is 44.9 Å². The van der Waals surface area contributed by atoms with Crippen LogP contribution < -0.4 is 0 Å². The quantitative estimate of drug-likeness (QED) is 0.207. The van der Waals surface area contributed by atoms with Crippen molar-refractivity contribution in [2.45, 2.75) is 96.6 Å². The monoisotopic (exact) mass is 460 g/mol.